The molecule has 0 spiro atoms. The molecule has 0 aromatic carbocycles. The highest BCUT2D eigenvalue weighted by atomic mass is 16.1. The van der Waals surface area contributed by atoms with Gasteiger partial charge in [0, 0.05) is 19.0 Å². The third kappa shape index (κ3) is 3.59. The van der Waals surface area contributed by atoms with E-state index in [-0.39, 0.29) is 5.92 Å². The van der Waals surface area contributed by atoms with E-state index in [1.165, 1.54) is 7.05 Å². The molecule has 0 unspecified atom stereocenters. The first kappa shape index (κ1) is 14.2. The van der Waals surface area contributed by atoms with Gasteiger partial charge in [-0.15, -0.1) is 10.2 Å². The number of hydrogen-bond acceptors (Lipinski definition) is 6. The Kier molecular flexibility index (Phi) is 5.93. The first-order valence-corrected chi connectivity index (χ1v) is 5.90. The Balaban J connectivity index is 0.000000771. The summed E-state index contributed by atoms with van der Waals surface area (Å²) < 4.78 is 0. The van der Waals surface area contributed by atoms with Gasteiger partial charge in [0.25, 0.3) is 0 Å². The van der Waals surface area contributed by atoms with Crippen molar-refractivity contribution in [2.75, 3.05) is 25.0 Å². The van der Waals surface area contributed by atoms with Crippen LogP contribution in [0.15, 0.2) is 12.1 Å². The molecule has 0 aliphatic carbocycles. The van der Waals surface area contributed by atoms with Crippen LogP contribution in [0.5, 0.6) is 0 Å². The van der Waals surface area contributed by atoms with Gasteiger partial charge in [-0.05, 0) is 32.0 Å². The molecule has 2 rings (SSSR count). The number of hydrogen-bond donors (Lipinski definition) is 1. The summed E-state index contributed by atoms with van der Waals surface area (Å²) in [5.41, 5.74) is 4.84. The zero-order chi connectivity index (χ0) is 13.4. The molecule has 1 fully saturated rings. The lowest BCUT2D eigenvalue weighted by Gasteiger charge is -2.30. The second kappa shape index (κ2) is 7.50. The van der Waals surface area contributed by atoms with Gasteiger partial charge in [0.2, 0.25) is 0 Å². The molecule has 2 heterocycles. The minimum absolute atomic E-state index is 0.179. The summed E-state index contributed by atoms with van der Waals surface area (Å²) in [5.74, 6) is 0.952. The van der Waals surface area contributed by atoms with Gasteiger partial charge in [0.1, 0.15) is 12.0 Å². The maximum Gasteiger partial charge on any atom is 0.170 e. The normalized spacial score (nSPS) is 15.6. The highest BCUT2D eigenvalue weighted by Crippen LogP contribution is 2.19. The van der Waals surface area contributed by atoms with E-state index in [1.807, 2.05) is 0 Å². The standard InChI is InChI=1S/C11H13N3O2.CH5N/c15-7-9-3-5-14(6-4-9)11-2-1-10(8-16)12-13-11;1-2/h1-2,7-9H,3-6H2;2H2,1H3. The molecule has 1 aliphatic rings. The molecule has 0 radical (unpaired) electrons. The van der Waals surface area contributed by atoms with Gasteiger partial charge in [-0.25, -0.2) is 0 Å². The number of anilines is 1. The lowest BCUT2D eigenvalue weighted by molar-refractivity contribution is -0.111. The number of aldehydes is 2. The van der Waals surface area contributed by atoms with Crippen LogP contribution in [0.4, 0.5) is 5.82 Å². The molecule has 0 atom stereocenters. The fourth-order valence-corrected chi connectivity index (χ4v) is 1.83. The van der Waals surface area contributed by atoms with Crippen LogP contribution in [0.25, 0.3) is 0 Å². The third-order valence-corrected chi connectivity index (χ3v) is 2.85. The van der Waals surface area contributed by atoms with Crippen molar-refractivity contribution in [2.24, 2.45) is 11.7 Å². The largest absolute Gasteiger partial charge is 0.355 e. The Labute approximate surface area is 106 Å². The van der Waals surface area contributed by atoms with E-state index >= 15 is 0 Å². The van der Waals surface area contributed by atoms with E-state index in [0.717, 1.165) is 38.0 Å². The first-order valence-electron chi connectivity index (χ1n) is 5.90. The molecule has 6 heteroatoms. The number of rotatable bonds is 3. The number of carbonyl (C=O) groups excluding carboxylic acids is 2. The average molecular weight is 250 g/mol. The fourth-order valence-electron chi connectivity index (χ4n) is 1.83. The Morgan fingerprint density at radius 3 is 2.33 bits per heavy atom. The Bertz CT molecular complexity index is 372. The average Bonchev–Trinajstić information content (AvgIpc) is 2.49. The van der Waals surface area contributed by atoms with Crippen LogP contribution in [-0.4, -0.2) is 42.9 Å². The SMILES string of the molecule is CN.O=Cc1ccc(N2CCC(C=O)CC2)nn1. The Hall–Kier alpha value is -1.82. The monoisotopic (exact) mass is 250 g/mol. The second-order valence-electron chi connectivity index (χ2n) is 3.89. The zero-order valence-corrected chi connectivity index (χ0v) is 10.5. The summed E-state index contributed by atoms with van der Waals surface area (Å²) in [5, 5.41) is 7.76. The molecule has 0 bridgehead atoms. The van der Waals surface area contributed by atoms with Crippen molar-refractivity contribution in [2.45, 2.75) is 12.8 Å². The molecule has 1 aliphatic heterocycles. The minimum atomic E-state index is 0.179. The summed E-state index contributed by atoms with van der Waals surface area (Å²) in [6, 6.07) is 3.44. The number of nitrogens with zero attached hydrogens (tertiary/aromatic N) is 3. The van der Waals surface area contributed by atoms with E-state index in [1.54, 1.807) is 12.1 Å². The lowest BCUT2D eigenvalue weighted by atomic mass is 9.99. The number of aromatic nitrogens is 2. The van der Waals surface area contributed by atoms with Crippen LogP contribution in [0, 0.1) is 5.92 Å². The molecule has 1 saturated heterocycles. The molecular weight excluding hydrogens is 232 g/mol. The lowest BCUT2D eigenvalue weighted by Crippen LogP contribution is -2.34. The molecule has 0 amide bonds. The molecular formula is C12H18N4O2. The molecule has 2 N–H and O–H groups in total. The first-order chi connectivity index (χ1) is 8.83. The van der Waals surface area contributed by atoms with Crippen molar-refractivity contribution in [3.8, 4) is 0 Å². The predicted molar refractivity (Wildman–Crippen MR) is 68.5 cm³/mol. The maximum absolute atomic E-state index is 10.6. The number of piperidine rings is 1. The summed E-state index contributed by atoms with van der Waals surface area (Å²) >= 11 is 0. The molecule has 1 aromatic heterocycles. The number of nitrogens with two attached hydrogens (primary N) is 1. The Morgan fingerprint density at radius 1 is 1.22 bits per heavy atom. The van der Waals surface area contributed by atoms with Crippen molar-refractivity contribution in [1.29, 1.82) is 0 Å². The second-order valence-corrected chi connectivity index (χ2v) is 3.89. The van der Waals surface area contributed by atoms with Crippen LogP contribution < -0.4 is 10.6 Å². The molecule has 1 aromatic rings. The van der Waals surface area contributed by atoms with Crippen molar-refractivity contribution in [3.63, 3.8) is 0 Å². The fraction of sp³-hybridized carbons (Fsp3) is 0.500. The van der Waals surface area contributed by atoms with Crippen molar-refractivity contribution in [1.82, 2.24) is 10.2 Å². The van der Waals surface area contributed by atoms with Gasteiger partial charge in [-0.1, -0.05) is 0 Å². The summed E-state index contributed by atoms with van der Waals surface area (Å²) in [6.07, 6.45) is 3.43. The van der Waals surface area contributed by atoms with Crippen LogP contribution in [-0.2, 0) is 4.79 Å². The van der Waals surface area contributed by atoms with E-state index < -0.39 is 0 Å². The van der Waals surface area contributed by atoms with Gasteiger partial charge < -0.3 is 15.4 Å². The van der Waals surface area contributed by atoms with E-state index in [0.29, 0.717) is 12.0 Å². The molecule has 6 nitrogen and oxygen atoms in total. The minimum Gasteiger partial charge on any atom is -0.355 e. The van der Waals surface area contributed by atoms with E-state index in [4.69, 9.17) is 0 Å². The summed E-state index contributed by atoms with van der Waals surface area (Å²) in [6.45, 7) is 1.64. The van der Waals surface area contributed by atoms with E-state index in [2.05, 4.69) is 20.8 Å². The quantitative estimate of drug-likeness (QED) is 0.775. The summed E-state index contributed by atoms with van der Waals surface area (Å²) in [7, 11) is 1.50. The number of carbonyl (C=O) groups is 2. The van der Waals surface area contributed by atoms with Gasteiger partial charge in [-0.2, -0.15) is 0 Å². The molecule has 0 saturated carbocycles. The van der Waals surface area contributed by atoms with Crippen molar-refractivity contribution in [3.05, 3.63) is 17.8 Å². The summed E-state index contributed by atoms with van der Waals surface area (Å²) in [4.78, 5) is 23.1. The van der Waals surface area contributed by atoms with Gasteiger partial charge in [0.15, 0.2) is 12.1 Å². The van der Waals surface area contributed by atoms with Crippen LogP contribution in [0.3, 0.4) is 0 Å². The predicted octanol–water partition coefficient (Wildman–Crippen LogP) is 0.279. The highest BCUT2D eigenvalue weighted by molar-refractivity contribution is 5.71. The maximum atomic E-state index is 10.6. The van der Waals surface area contributed by atoms with Crippen LogP contribution >= 0.6 is 0 Å². The van der Waals surface area contributed by atoms with Gasteiger partial charge in [0.05, 0.1) is 0 Å². The molecule has 98 valence electrons. The third-order valence-electron chi connectivity index (χ3n) is 2.85. The smallest absolute Gasteiger partial charge is 0.170 e. The van der Waals surface area contributed by atoms with Crippen molar-refractivity contribution >= 4 is 18.4 Å². The topological polar surface area (TPSA) is 89.2 Å². The van der Waals surface area contributed by atoms with Crippen LogP contribution in [0.1, 0.15) is 23.3 Å². The van der Waals surface area contributed by atoms with Gasteiger partial charge >= 0.3 is 0 Å². The molecule has 18 heavy (non-hydrogen) atoms. The Morgan fingerprint density at radius 2 is 1.89 bits per heavy atom. The van der Waals surface area contributed by atoms with Gasteiger partial charge in [-0.3, -0.25) is 4.79 Å². The van der Waals surface area contributed by atoms with Crippen LogP contribution in [0.2, 0.25) is 0 Å². The highest BCUT2D eigenvalue weighted by Gasteiger charge is 2.19. The van der Waals surface area contributed by atoms with E-state index in [9.17, 15) is 9.59 Å². The van der Waals surface area contributed by atoms with Crippen molar-refractivity contribution < 1.29 is 9.59 Å². The zero-order valence-electron chi connectivity index (χ0n) is 10.5.